The van der Waals surface area contributed by atoms with Gasteiger partial charge in [-0.05, 0) is 36.4 Å². The van der Waals surface area contributed by atoms with Gasteiger partial charge in [0, 0.05) is 25.5 Å². The van der Waals surface area contributed by atoms with Crippen LogP contribution in [0.15, 0.2) is 48.7 Å². The van der Waals surface area contributed by atoms with Crippen LogP contribution in [0.25, 0.3) is 0 Å². The Morgan fingerprint density at radius 3 is 2.53 bits per heavy atom. The zero-order chi connectivity index (χ0) is 13.7. The van der Waals surface area contributed by atoms with Crippen molar-refractivity contribution >= 4 is 5.69 Å². The van der Waals surface area contributed by atoms with Gasteiger partial charge in [0.05, 0.1) is 23.4 Å². The molecule has 2 N–H and O–H groups in total. The summed E-state index contributed by atoms with van der Waals surface area (Å²) in [6.45, 7) is 0.480. The first kappa shape index (κ1) is 13.1. The van der Waals surface area contributed by atoms with E-state index in [-0.39, 0.29) is 6.04 Å². The van der Waals surface area contributed by atoms with Crippen LogP contribution in [-0.4, -0.2) is 18.6 Å². The van der Waals surface area contributed by atoms with Crippen LogP contribution in [0.3, 0.4) is 0 Å². The first-order chi connectivity index (χ1) is 9.26. The van der Waals surface area contributed by atoms with E-state index in [9.17, 15) is 0 Å². The minimum absolute atomic E-state index is 0.0223. The fourth-order valence-electron chi connectivity index (χ4n) is 2.00. The molecule has 0 radical (unpaired) electrons. The number of nitriles is 1. The van der Waals surface area contributed by atoms with Crippen molar-refractivity contribution in [1.29, 1.82) is 5.26 Å². The Labute approximate surface area is 113 Å². The number of nitrogens with two attached hydrogens (primary N) is 1. The molecule has 1 atom stereocenters. The van der Waals surface area contributed by atoms with Crippen molar-refractivity contribution in [1.82, 2.24) is 4.98 Å². The maximum atomic E-state index is 8.81. The van der Waals surface area contributed by atoms with Crippen molar-refractivity contribution in [3.05, 3.63) is 59.9 Å². The number of rotatable bonds is 4. The number of likely N-dealkylation sites (N-methyl/N-ethyl adjacent to an activating group) is 1. The molecule has 0 aliphatic rings. The summed E-state index contributed by atoms with van der Waals surface area (Å²) in [7, 11) is 1.98. The van der Waals surface area contributed by atoms with Crippen LogP contribution in [0, 0.1) is 11.3 Å². The highest BCUT2D eigenvalue weighted by molar-refractivity contribution is 5.50. The minimum atomic E-state index is 0.0223. The summed E-state index contributed by atoms with van der Waals surface area (Å²) < 4.78 is 0. The molecule has 2 rings (SSSR count). The van der Waals surface area contributed by atoms with Gasteiger partial charge in [0.25, 0.3) is 0 Å². The van der Waals surface area contributed by atoms with E-state index in [1.54, 1.807) is 18.3 Å². The highest BCUT2D eigenvalue weighted by Crippen LogP contribution is 2.23. The third-order valence-corrected chi connectivity index (χ3v) is 3.12. The van der Waals surface area contributed by atoms with E-state index in [2.05, 4.69) is 16.0 Å². The molecule has 0 saturated carbocycles. The fraction of sp³-hybridized carbons (Fsp3) is 0.200. The Hall–Kier alpha value is -2.38. The number of hydrogen-bond donors (Lipinski definition) is 1. The molecular weight excluding hydrogens is 236 g/mol. The highest BCUT2D eigenvalue weighted by atomic mass is 15.2. The summed E-state index contributed by atoms with van der Waals surface area (Å²) >= 11 is 0. The van der Waals surface area contributed by atoms with Crippen molar-refractivity contribution in [2.45, 2.75) is 6.04 Å². The Morgan fingerprint density at radius 2 is 2.00 bits per heavy atom. The first-order valence-electron chi connectivity index (χ1n) is 6.10. The molecule has 1 aromatic heterocycles. The molecule has 96 valence electrons. The molecular formula is C15H16N4. The number of benzene rings is 1. The minimum Gasteiger partial charge on any atom is -0.365 e. The highest BCUT2D eigenvalue weighted by Gasteiger charge is 2.16. The third kappa shape index (κ3) is 2.90. The molecule has 0 aliphatic heterocycles. The molecule has 0 aliphatic carbocycles. The molecule has 0 saturated heterocycles. The maximum Gasteiger partial charge on any atom is 0.0991 e. The molecule has 4 heteroatoms. The molecule has 0 amide bonds. The number of aromatic nitrogens is 1. The number of pyridine rings is 1. The van der Waals surface area contributed by atoms with E-state index in [4.69, 9.17) is 11.0 Å². The Balaban J connectivity index is 2.25. The normalized spacial score (nSPS) is 11.6. The van der Waals surface area contributed by atoms with E-state index >= 15 is 0 Å². The topological polar surface area (TPSA) is 65.9 Å². The van der Waals surface area contributed by atoms with Gasteiger partial charge in [0.1, 0.15) is 0 Å². The van der Waals surface area contributed by atoms with Crippen LogP contribution < -0.4 is 10.6 Å². The smallest absolute Gasteiger partial charge is 0.0991 e. The van der Waals surface area contributed by atoms with Gasteiger partial charge >= 0.3 is 0 Å². The van der Waals surface area contributed by atoms with Gasteiger partial charge < -0.3 is 10.6 Å². The lowest BCUT2D eigenvalue weighted by Gasteiger charge is -2.28. The largest absolute Gasteiger partial charge is 0.365 e. The van der Waals surface area contributed by atoms with Crippen LogP contribution in [0.4, 0.5) is 5.69 Å². The van der Waals surface area contributed by atoms with Crippen LogP contribution in [0.2, 0.25) is 0 Å². The van der Waals surface area contributed by atoms with Crippen LogP contribution >= 0.6 is 0 Å². The average Bonchev–Trinajstić information content (AvgIpc) is 2.49. The van der Waals surface area contributed by atoms with E-state index in [0.29, 0.717) is 12.1 Å². The van der Waals surface area contributed by atoms with E-state index in [1.165, 1.54) is 0 Å². The monoisotopic (exact) mass is 252 g/mol. The van der Waals surface area contributed by atoms with Gasteiger partial charge in [0.15, 0.2) is 0 Å². The molecule has 19 heavy (non-hydrogen) atoms. The molecule has 1 aromatic carbocycles. The lowest BCUT2D eigenvalue weighted by atomic mass is 10.1. The summed E-state index contributed by atoms with van der Waals surface area (Å²) in [6, 6.07) is 15.4. The van der Waals surface area contributed by atoms with E-state index < -0.39 is 0 Å². The molecule has 0 fully saturated rings. The zero-order valence-corrected chi connectivity index (χ0v) is 10.8. The van der Waals surface area contributed by atoms with Crippen molar-refractivity contribution in [2.75, 3.05) is 18.5 Å². The van der Waals surface area contributed by atoms with Crippen LogP contribution in [0.1, 0.15) is 17.3 Å². The maximum absolute atomic E-state index is 8.81. The van der Waals surface area contributed by atoms with Crippen molar-refractivity contribution in [3.8, 4) is 6.07 Å². The van der Waals surface area contributed by atoms with E-state index in [1.807, 2.05) is 37.4 Å². The Morgan fingerprint density at radius 1 is 1.26 bits per heavy atom. The third-order valence-electron chi connectivity index (χ3n) is 3.12. The zero-order valence-electron chi connectivity index (χ0n) is 10.8. The lowest BCUT2D eigenvalue weighted by molar-refractivity contribution is 0.660. The van der Waals surface area contributed by atoms with Crippen molar-refractivity contribution in [3.63, 3.8) is 0 Å². The van der Waals surface area contributed by atoms with Gasteiger partial charge in [-0.1, -0.05) is 6.07 Å². The summed E-state index contributed by atoms with van der Waals surface area (Å²) in [5.74, 6) is 0. The van der Waals surface area contributed by atoms with E-state index in [0.717, 1.165) is 11.4 Å². The number of hydrogen-bond acceptors (Lipinski definition) is 4. The fourth-order valence-corrected chi connectivity index (χ4v) is 2.00. The summed E-state index contributed by atoms with van der Waals surface area (Å²) in [5, 5.41) is 8.81. The van der Waals surface area contributed by atoms with Gasteiger partial charge in [-0.2, -0.15) is 5.26 Å². The second-order valence-electron chi connectivity index (χ2n) is 4.28. The second-order valence-corrected chi connectivity index (χ2v) is 4.28. The summed E-state index contributed by atoms with van der Waals surface area (Å²) in [6.07, 6.45) is 1.77. The summed E-state index contributed by atoms with van der Waals surface area (Å²) in [5.41, 5.74) is 8.47. The second kappa shape index (κ2) is 5.98. The SMILES string of the molecule is CN(c1ccc(C#N)cc1)C(CN)c1ccccn1. The molecule has 2 aromatic rings. The first-order valence-corrected chi connectivity index (χ1v) is 6.10. The van der Waals surface area contributed by atoms with Crippen LogP contribution in [0.5, 0.6) is 0 Å². The quantitative estimate of drug-likeness (QED) is 0.904. The molecule has 1 heterocycles. The molecule has 1 unspecified atom stereocenters. The molecule has 0 spiro atoms. The predicted octanol–water partition coefficient (Wildman–Crippen LogP) is 2.09. The van der Waals surface area contributed by atoms with Gasteiger partial charge in [-0.15, -0.1) is 0 Å². The molecule has 0 bridgehead atoms. The Bertz CT molecular complexity index is 557. The van der Waals surface area contributed by atoms with Gasteiger partial charge in [-0.3, -0.25) is 4.98 Å². The Kier molecular flexibility index (Phi) is 4.11. The van der Waals surface area contributed by atoms with Crippen molar-refractivity contribution in [2.24, 2.45) is 5.73 Å². The van der Waals surface area contributed by atoms with Crippen molar-refractivity contribution < 1.29 is 0 Å². The number of anilines is 1. The lowest BCUT2D eigenvalue weighted by Crippen LogP contribution is -2.31. The summed E-state index contributed by atoms with van der Waals surface area (Å²) in [4.78, 5) is 6.43. The van der Waals surface area contributed by atoms with Crippen LogP contribution in [-0.2, 0) is 0 Å². The molecule has 4 nitrogen and oxygen atoms in total. The van der Waals surface area contributed by atoms with Gasteiger partial charge in [-0.25, -0.2) is 0 Å². The average molecular weight is 252 g/mol. The van der Waals surface area contributed by atoms with Gasteiger partial charge in [0.2, 0.25) is 0 Å². The standard InChI is InChI=1S/C15H16N4/c1-19(13-7-5-12(10-16)6-8-13)15(11-17)14-4-2-3-9-18-14/h2-9,15H,11,17H2,1H3. The predicted molar refractivity (Wildman–Crippen MR) is 75.6 cm³/mol. The number of nitrogens with zero attached hydrogens (tertiary/aromatic N) is 3.